The first kappa shape index (κ1) is 14.5. The normalized spacial score (nSPS) is 17.0. The molecule has 0 atom stereocenters. The quantitative estimate of drug-likeness (QED) is 0.884. The summed E-state index contributed by atoms with van der Waals surface area (Å²) < 4.78 is 0. The van der Waals surface area contributed by atoms with Gasteiger partial charge in [-0.15, -0.1) is 0 Å². The van der Waals surface area contributed by atoms with E-state index >= 15 is 0 Å². The number of nitrogens with one attached hydrogen (secondary N) is 2. The summed E-state index contributed by atoms with van der Waals surface area (Å²) in [6.07, 6.45) is 4.28. The van der Waals surface area contributed by atoms with E-state index in [1.54, 1.807) is 0 Å². The molecule has 2 aromatic rings. The minimum atomic E-state index is -0.348. The van der Waals surface area contributed by atoms with Crippen LogP contribution in [-0.2, 0) is 10.2 Å². The maximum absolute atomic E-state index is 12.1. The molecule has 1 aromatic carbocycles. The number of carbonyl (C=O) groups excluding carboxylic acids is 1. The zero-order valence-electron chi connectivity index (χ0n) is 12.7. The van der Waals surface area contributed by atoms with Crippen LogP contribution in [0.2, 0.25) is 5.02 Å². The third-order valence-electron chi connectivity index (χ3n) is 4.34. The smallest absolute Gasteiger partial charge is 0.225 e. The van der Waals surface area contributed by atoms with Gasteiger partial charge >= 0.3 is 0 Å². The van der Waals surface area contributed by atoms with Crippen molar-refractivity contribution in [3.05, 3.63) is 35.0 Å². The average molecular weight is 305 g/mol. The van der Waals surface area contributed by atoms with Crippen molar-refractivity contribution in [2.45, 2.75) is 39.0 Å². The lowest BCUT2D eigenvalue weighted by Gasteiger charge is -2.21. The number of aromatic amines is 1. The molecular weight excluding hydrogens is 284 g/mol. The van der Waals surface area contributed by atoms with Crippen molar-refractivity contribution in [1.29, 1.82) is 0 Å². The summed E-state index contributed by atoms with van der Waals surface area (Å²) in [4.78, 5) is 15.4. The van der Waals surface area contributed by atoms with Crippen molar-refractivity contribution >= 4 is 28.4 Å². The molecule has 1 heterocycles. The fraction of sp³-hybridized carbons (Fsp3) is 0.471. The monoisotopic (exact) mass is 304 g/mol. The molecule has 0 radical (unpaired) electrons. The van der Waals surface area contributed by atoms with Crippen LogP contribution in [-0.4, -0.2) is 17.4 Å². The van der Waals surface area contributed by atoms with Crippen LogP contribution in [0.3, 0.4) is 0 Å². The number of benzene rings is 1. The van der Waals surface area contributed by atoms with Gasteiger partial charge in [-0.25, -0.2) is 0 Å². The highest BCUT2D eigenvalue weighted by molar-refractivity contribution is 6.31. The zero-order chi connectivity index (χ0) is 15.3. The van der Waals surface area contributed by atoms with Gasteiger partial charge in [0.2, 0.25) is 5.91 Å². The van der Waals surface area contributed by atoms with Crippen LogP contribution in [0.4, 0.5) is 0 Å². The Hall–Kier alpha value is -1.48. The van der Waals surface area contributed by atoms with Gasteiger partial charge in [0.15, 0.2) is 0 Å². The minimum Gasteiger partial charge on any atom is -0.361 e. The van der Waals surface area contributed by atoms with Gasteiger partial charge in [-0.2, -0.15) is 0 Å². The van der Waals surface area contributed by atoms with Crippen molar-refractivity contribution in [3.8, 4) is 0 Å². The Morgan fingerprint density at radius 2 is 2.10 bits per heavy atom. The molecule has 0 aliphatic heterocycles. The molecule has 0 saturated heterocycles. The van der Waals surface area contributed by atoms with Crippen molar-refractivity contribution in [2.75, 3.05) is 6.54 Å². The summed E-state index contributed by atoms with van der Waals surface area (Å²) in [5.74, 6) is 0.103. The number of rotatable bonds is 3. The first-order chi connectivity index (χ1) is 9.82. The van der Waals surface area contributed by atoms with Crippen LogP contribution in [0.5, 0.6) is 0 Å². The molecule has 0 spiro atoms. The topological polar surface area (TPSA) is 44.9 Å². The number of hydrogen-bond acceptors (Lipinski definition) is 1. The molecule has 1 aromatic heterocycles. The summed E-state index contributed by atoms with van der Waals surface area (Å²) in [7, 11) is 0. The van der Waals surface area contributed by atoms with Crippen LogP contribution in [0, 0.1) is 5.41 Å². The van der Waals surface area contributed by atoms with Crippen molar-refractivity contribution in [3.63, 3.8) is 0 Å². The van der Waals surface area contributed by atoms with E-state index in [-0.39, 0.29) is 16.7 Å². The van der Waals surface area contributed by atoms with E-state index in [2.05, 4.69) is 16.5 Å². The molecule has 1 aliphatic carbocycles. The van der Waals surface area contributed by atoms with Crippen LogP contribution < -0.4 is 5.32 Å². The molecular formula is C17H21ClN2O. The third-order valence-corrected chi connectivity index (χ3v) is 4.57. The van der Waals surface area contributed by atoms with E-state index < -0.39 is 0 Å². The number of fused-ring (bicyclic) bond motifs is 1. The molecule has 3 nitrogen and oxygen atoms in total. The van der Waals surface area contributed by atoms with E-state index in [9.17, 15) is 4.79 Å². The lowest BCUT2D eigenvalue weighted by Crippen LogP contribution is -2.39. The van der Waals surface area contributed by atoms with Gasteiger partial charge in [-0.1, -0.05) is 32.4 Å². The molecule has 0 bridgehead atoms. The summed E-state index contributed by atoms with van der Waals surface area (Å²) in [6.45, 7) is 6.51. The Bertz CT molecular complexity index is 692. The van der Waals surface area contributed by atoms with Crippen LogP contribution in [0.1, 0.15) is 39.2 Å². The van der Waals surface area contributed by atoms with Crippen LogP contribution in [0.15, 0.2) is 24.4 Å². The van der Waals surface area contributed by atoms with E-state index in [1.165, 1.54) is 10.9 Å². The Kier molecular flexibility index (Phi) is 3.28. The second-order valence-electron chi connectivity index (χ2n) is 7.11. The second kappa shape index (κ2) is 4.77. The summed E-state index contributed by atoms with van der Waals surface area (Å²) in [5.41, 5.74) is 2.10. The maximum Gasteiger partial charge on any atom is 0.225 e. The van der Waals surface area contributed by atoms with E-state index in [1.807, 2.05) is 39.0 Å². The third kappa shape index (κ3) is 2.67. The molecule has 1 aliphatic rings. The largest absolute Gasteiger partial charge is 0.361 e. The first-order valence-corrected chi connectivity index (χ1v) is 7.75. The van der Waals surface area contributed by atoms with Crippen LogP contribution >= 0.6 is 11.6 Å². The molecule has 1 fully saturated rings. The number of amides is 1. The Balaban J connectivity index is 1.85. The van der Waals surface area contributed by atoms with Gasteiger partial charge in [0, 0.05) is 39.5 Å². The summed E-state index contributed by atoms with van der Waals surface area (Å²) in [6, 6.07) is 5.91. The SMILES string of the molecule is CC(C)(C)C(=O)NCC1(c2c[nH]c3ccc(Cl)cc23)CC1. The van der Waals surface area contributed by atoms with Gasteiger partial charge in [0.05, 0.1) is 0 Å². The number of aromatic nitrogens is 1. The first-order valence-electron chi connectivity index (χ1n) is 7.37. The van der Waals surface area contributed by atoms with E-state index in [0.29, 0.717) is 6.54 Å². The molecule has 112 valence electrons. The fourth-order valence-corrected chi connectivity index (χ4v) is 2.91. The molecule has 1 saturated carbocycles. The van der Waals surface area contributed by atoms with Crippen LogP contribution in [0.25, 0.3) is 10.9 Å². The summed E-state index contributed by atoms with van der Waals surface area (Å²) in [5, 5.41) is 5.03. The highest BCUT2D eigenvalue weighted by Gasteiger charge is 2.46. The van der Waals surface area contributed by atoms with Gasteiger partial charge < -0.3 is 10.3 Å². The lowest BCUT2D eigenvalue weighted by molar-refractivity contribution is -0.128. The van der Waals surface area contributed by atoms with Crippen molar-refractivity contribution in [1.82, 2.24) is 10.3 Å². The Morgan fingerprint density at radius 3 is 2.71 bits per heavy atom. The zero-order valence-corrected chi connectivity index (χ0v) is 13.5. The van der Waals surface area contributed by atoms with Crippen molar-refractivity contribution in [2.24, 2.45) is 5.41 Å². The highest BCUT2D eigenvalue weighted by atomic mass is 35.5. The molecule has 2 N–H and O–H groups in total. The molecule has 0 unspecified atom stereocenters. The Labute approximate surface area is 130 Å². The van der Waals surface area contributed by atoms with E-state index in [4.69, 9.17) is 11.6 Å². The van der Waals surface area contributed by atoms with Gasteiger partial charge in [0.25, 0.3) is 0 Å². The fourth-order valence-electron chi connectivity index (χ4n) is 2.74. The molecule has 1 amide bonds. The molecule has 3 rings (SSSR count). The molecule has 4 heteroatoms. The number of halogens is 1. The number of hydrogen-bond donors (Lipinski definition) is 2. The Morgan fingerprint density at radius 1 is 1.38 bits per heavy atom. The number of carbonyl (C=O) groups is 1. The number of H-pyrrole nitrogens is 1. The van der Waals surface area contributed by atoms with Gasteiger partial charge in [0.1, 0.15) is 0 Å². The standard InChI is InChI=1S/C17H21ClN2O/c1-16(2,3)15(21)20-10-17(6-7-17)13-9-19-14-5-4-11(18)8-12(13)14/h4-5,8-9,19H,6-7,10H2,1-3H3,(H,20,21). The molecule has 21 heavy (non-hydrogen) atoms. The maximum atomic E-state index is 12.1. The summed E-state index contributed by atoms with van der Waals surface area (Å²) >= 11 is 6.12. The second-order valence-corrected chi connectivity index (χ2v) is 7.54. The predicted molar refractivity (Wildman–Crippen MR) is 86.7 cm³/mol. The highest BCUT2D eigenvalue weighted by Crippen LogP contribution is 2.50. The average Bonchev–Trinajstić information content (AvgIpc) is 3.07. The van der Waals surface area contributed by atoms with Gasteiger partial charge in [-0.05, 0) is 36.6 Å². The lowest BCUT2D eigenvalue weighted by atomic mass is 9.92. The predicted octanol–water partition coefficient (Wildman–Crippen LogP) is 4.02. The minimum absolute atomic E-state index is 0.0733. The van der Waals surface area contributed by atoms with Crippen molar-refractivity contribution < 1.29 is 4.79 Å². The van der Waals surface area contributed by atoms with Gasteiger partial charge in [-0.3, -0.25) is 4.79 Å². The van der Waals surface area contributed by atoms with E-state index in [0.717, 1.165) is 23.4 Å².